The van der Waals surface area contributed by atoms with Crippen molar-refractivity contribution in [1.29, 1.82) is 0 Å². The zero-order chi connectivity index (χ0) is 11.7. The molecule has 0 radical (unpaired) electrons. The fourth-order valence-corrected chi connectivity index (χ4v) is 1.78. The van der Waals surface area contributed by atoms with Gasteiger partial charge in [0.2, 0.25) is 0 Å². The highest BCUT2D eigenvalue weighted by atomic mass is 15.3. The predicted molar refractivity (Wildman–Crippen MR) is 61.8 cm³/mol. The maximum Gasteiger partial charge on any atom is 0.0754 e. The average Bonchev–Trinajstić information content (AvgIpc) is 2.83. The van der Waals surface area contributed by atoms with E-state index < -0.39 is 0 Å². The van der Waals surface area contributed by atoms with Gasteiger partial charge in [-0.3, -0.25) is 9.36 Å². The Balaban J connectivity index is 2.33. The maximum atomic E-state index is 6.18. The van der Waals surface area contributed by atoms with Gasteiger partial charge in [0.15, 0.2) is 0 Å². The molecule has 2 N–H and O–H groups in total. The summed E-state index contributed by atoms with van der Waals surface area (Å²) in [6, 6.07) is 1.89. The number of hydrogen-bond donors (Lipinski definition) is 1. The van der Waals surface area contributed by atoms with Crippen LogP contribution in [0.3, 0.4) is 0 Å². The van der Waals surface area contributed by atoms with Crippen molar-refractivity contribution in [3.05, 3.63) is 35.4 Å². The first-order chi connectivity index (χ1) is 7.61. The minimum Gasteiger partial charge on any atom is -0.319 e. The average molecular weight is 219 g/mol. The van der Waals surface area contributed by atoms with Crippen molar-refractivity contribution >= 4 is 0 Å². The number of aromatic nitrogens is 4. The van der Waals surface area contributed by atoms with Gasteiger partial charge in [0.25, 0.3) is 0 Å². The second-order valence-corrected chi connectivity index (χ2v) is 3.96. The van der Waals surface area contributed by atoms with E-state index in [0.29, 0.717) is 0 Å². The van der Waals surface area contributed by atoms with Gasteiger partial charge in [-0.15, -0.1) is 0 Å². The fraction of sp³-hybridized carbons (Fsp3) is 0.455. The van der Waals surface area contributed by atoms with E-state index in [9.17, 15) is 0 Å². The van der Waals surface area contributed by atoms with Gasteiger partial charge >= 0.3 is 0 Å². The molecule has 2 aromatic rings. The smallest absolute Gasteiger partial charge is 0.0754 e. The first kappa shape index (κ1) is 10.9. The minimum atomic E-state index is -0.161. The molecule has 16 heavy (non-hydrogen) atoms. The normalized spacial score (nSPS) is 13.0. The molecule has 0 aliphatic heterocycles. The van der Waals surface area contributed by atoms with Gasteiger partial charge in [-0.25, -0.2) is 0 Å². The number of rotatable bonds is 3. The lowest BCUT2D eigenvalue weighted by Gasteiger charge is -2.09. The Morgan fingerprint density at radius 1 is 1.44 bits per heavy atom. The molecule has 1 unspecified atom stereocenters. The number of nitrogens with zero attached hydrogens (tertiary/aromatic N) is 4. The van der Waals surface area contributed by atoms with Crippen LogP contribution in [0.2, 0.25) is 0 Å². The van der Waals surface area contributed by atoms with Gasteiger partial charge in [0, 0.05) is 25.9 Å². The molecule has 0 aromatic carbocycles. The molecule has 0 amide bonds. The molecule has 2 heterocycles. The minimum absolute atomic E-state index is 0.161. The first-order valence-corrected chi connectivity index (χ1v) is 5.38. The molecule has 0 bridgehead atoms. The van der Waals surface area contributed by atoms with Crippen LogP contribution in [0.1, 0.15) is 29.9 Å². The van der Waals surface area contributed by atoms with Crippen LogP contribution in [-0.4, -0.2) is 19.6 Å². The second kappa shape index (κ2) is 4.09. The summed E-state index contributed by atoms with van der Waals surface area (Å²) in [5.41, 5.74) is 9.28. The Kier molecular flexibility index (Phi) is 2.78. The van der Waals surface area contributed by atoms with Crippen molar-refractivity contribution in [3.8, 4) is 0 Å². The molecule has 5 nitrogen and oxygen atoms in total. The SMILES string of the molecule is CCc1cc(C(N)c2cnn(C)c2)n(C)n1. The third-order valence-electron chi connectivity index (χ3n) is 2.73. The van der Waals surface area contributed by atoms with E-state index in [-0.39, 0.29) is 6.04 Å². The van der Waals surface area contributed by atoms with Gasteiger partial charge in [0.05, 0.1) is 23.6 Å². The number of nitrogens with two attached hydrogens (primary N) is 1. The highest BCUT2D eigenvalue weighted by molar-refractivity contribution is 5.25. The number of aryl methyl sites for hydroxylation is 3. The van der Waals surface area contributed by atoms with E-state index in [2.05, 4.69) is 23.2 Å². The Morgan fingerprint density at radius 3 is 2.69 bits per heavy atom. The summed E-state index contributed by atoms with van der Waals surface area (Å²) in [5, 5.41) is 8.52. The summed E-state index contributed by atoms with van der Waals surface area (Å²) in [7, 11) is 3.81. The predicted octanol–water partition coefficient (Wildman–Crippen LogP) is 0.764. The van der Waals surface area contributed by atoms with Crippen molar-refractivity contribution in [2.24, 2.45) is 19.8 Å². The molecular formula is C11H17N5. The zero-order valence-electron chi connectivity index (χ0n) is 9.88. The van der Waals surface area contributed by atoms with E-state index in [0.717, 1.165) is 23.4 Å². The molecule has 0 spiro atoms. The van der Waals surface area contributed by atoms with Gasteiger partial charge in [-0.05, 0) is 12.5 Å². The lowest BCUT2D eigenvalue weighted by molar-refractivity contribution is 0.665. The van der Waals surface area contributed by atoms with Crippen LogP contribution in [0.25, 0.3) is 0 Å². The topological polar surface area (TPSA) is 61.7 Å². The van der Waals surface area contributed by atoms with Crippen LogP contribution in [-0.2, 0) is 20.5 Å². The Morgan fingerprint density at radius 2 is 2.19 bits per heavy atom. The highest BCUT2D eigenvalue weighted by Crippen LogP contribution is 2.19. The van der Waals surface area contributed by atoms with E-state index in [1.165, 1.54) is 0 Å². The molecule has 2 aromatic heterocycles. The third kappa shape index (κ3) is 1.86. The van der Waals surface area contributed by atoms with Gasteiger partial charge in [-0.1, -0.05) is 6.92 Å². The first-order valence-electron chi connectivity index (χ1n) is 5.38. The van der Waals surface area contributed by atoms with Crippen molar-refractivity contribution in [2.45, 2.75) is 19.4 Å². The zero-order valence-corrected chi connectivity index (χ0v) is 9.88. The summed E-state index contributed by atoms with van der Waals surface area (Å²) >= 11 is 0. The van der Waals surface area contributed by atoms with Crippen LogP contribution in [0.4, 0.5) is 0 Å². The molecule has 2 rings (SSSR count). The standard InChI is InChI=1S/C11H17N5/c1-4-9-5-10(16(3)14-9)11(12)8-6-13-15(2)7-8/h5-7,11H,4,12H2,1-3H3. The third-order valence-corrected chi connectivity index (χ3v) is 2.73. The summed E-state index contributed by atoms with van der Waals surface area (Å²) in [4.78, 5) is 0. The van der Waals surface area contributed by atoms with Crippen LogP contribution < -0.4 is 5.73 Å². The molecule has 0 aliphatic carbocycles. The summed E-state index contributed by atoms with van der Waals surface area (Å²) in [6.45, 7) is 2.09. The Bertz CT molecular complexity index is 482. The van der Waals surface area contributed by atoms with Gasteiger partial charge in [-0.2, -0.15) is 10.2 Å². The lowest BCUT2D eigenvalue weighted by atomic mass is 10.1. The maximum absolute atomic E-state index is 6.18. The molecule has 0 saturated carbocycles. The molecular weight excluding hydrogens is 202 g/mol. The van der Waals surface area contributed by atoms with Crippen LogP contribution >= 0.6 is 0 Å². The largest absolute Gasteiger partial charge is 0.319 e. The highest BCUT2D eigenvalue weighted by Gasteiger charge is 2.15. The van der Waals surface area contributed by atoms with E-state index in [1.54, 1.807) is 10.9 Å². The van der Waals surface area contributed by atoms with Crippen molar-refractivity contribution in [1.82, 2.24) is 19.6 Å². The fourth-order valence-electron chi connectivity index (χ4n) is 1.78. The van der Waals surface area contributed by atoms with Crippen LogP contribution in [0, 0.1) is 0 Å². The molecule has 86 valence electrons. The Labute approximate surface area is 94.9 Å². The summed E-state index contributed by atoms with van der Waals surface area (Å²) < 4.78 is 3.60. The summed E-state index contributed by atoms with van der Waals surface area (Å²) in [6.07, 6.45) is 4.65. The lowest BCUT2D eigenvalue weighted by Crippen LogP contribution is -2.15. The monoisotopic (exact) mass is 219 g/mol. The van der Waals surface area contributed by atoms with Gasteiger partial charge < -0.3 is 5.73 Å². The van der Waals surface area contributed by atoms with Crippen molar-refractivity contribution in [3.63, 3.8) is 0 Å². The van der Waals surface area contributed by atoms with Crippen LogP contribution in [0.5, 0.6) is 0 Å². The van der Waals surface area contributed by atoms with E-state index in [4.69, 9.17) is 5.73 Å². The molecule has 1 atom stereocenters. The summed E-state index contributed by atoms with van der Waals surface area (Å²) in [5.74, 6) is 0. The molecule has 0 aliphatic rings. The second-order valence-electron chi connectivity index (χ2n) is 3.96. The van der Waals surface area contributed by atoms with E-state index >= 15 is 0 Å². The van der Waals surface area contributed by atoms with Gasteiger partial charge in [0.1, 0.15) is 0 Å². The Hall–Kier alpha value is -1.62. The molecule has 0 fully saturated rings. The van der Waals surface area contributed by atoms with Crippen molar-refractivity contribution in [2.75, 3.05) is 0 Å². The molecule has 5 heteroatoms. The quantitative estimate of drug-likeness (QED) is 0.829. The van der Waals surface area contributed by atoms with Crippen molar-refractivity contribution < 1.29 is 0 Å². The number of hydrogen-bond acceptors (Lipinski definition) is 3. The van der Waals surface area contributed by atoms with E-state index in [1.807, 2.05) is 25.0 Å². The molecule has 0 saturated heterocycles. The van der Waals surface area contributed by atoms with Crippen LogP contribution in [0.15, 0.2) is 18.5 Å².